The van der Waals surface area contributed by atoms with Gasteiger partial charge in [0.25, 0.3) is 0 Å². The molecule has 3 unspecified atom stereocenters. The summed E-state index contributed by atoms with van der Waals surface area (Å²) in [5.74, 6) is -1.68. The van der Waals surface area contributed by atoms with Crippen molar-refractivity contribution >= 4 is 0 Å². The van der Waals surface area contributed by atoms with E-state index in [1.165, 1.54) is 0 Å². The first-order valence-electron chi connectivity index (χ1n) is 4.26. The Kier molecular flexibility index (Phi) is 3.30. The van der Waals surface area contributed by atoms with Crippen LogP contribution in [0.15, 0.2) is 5.34 Å². The average molecular weight is 212 g/mol. The zero-order valence-corrected chi connectivity index (χ0v) is 7.33. The summed E-state index contributed by atoms with van der Waals surface area (Å²) in [7, 11) is 0. The second kappa shape index (κ2) is 4.12. The van der Waals surface area contributed by atoms with Gasteiger partial charge in [0.15, 0.2) is 5.34 Å². The molecular formula is C7H11F3N2O2. The fourth-order valence-electron chi connectivity index (χ4n) is 1.70. The number of hydrogen-bond acceptors (Lipinski definition) is 4. The molecule has 1 saturated carbocycles. The molecule has 14 heavy (non-hydrogen) atoms. The fraction of sp³-hybridized carbons (Fsp3) is 1.00. The minimum Gasteiger partial charge on any atom is -0.360 e. The normalized spacial score (nSPS) is 33.9. The average Bonchev–Trinajstić information content (AvgIpc) is 2.07. The minimum atomic E-state index is -4.38. The largest absolute Gasteiger partial charge is 0.395 e. The minimum absolute atomic E-state index is 0.122. The molecule has 3 atom stereocenters. The van der Waals surface area contributed by atoms with Gasteiger partial charge in [0.05, 0.1) is 5.92 Å². The summed E-state index contributed by atoms with van der Waals surface area (Å²) in [6, 6.07) is -0.479. The molecule has 1 aliphatic rings. The third-order valence-electron chi connectivity index (χ3n) is 2.43. The van der Waals surface area contributed by atoms with Gasteiger partial charge in [-0.3, -0.25) is 0 Å². The van der Waals surface area contributed by atoms with E-state index in [0.717, 1.165) is 0 Å². The fourth-order valence-corrected chi connectivity index (χ4v) is 1.70. The van der Waals surface area contributed by atoms with Crippen molar-refractivity contribution in [1.82, 2.24) is 0 Å². The second-order valence-electron chi connectivity index (χ2n) is 3.44. The van der Waals surface area contributed by atoms with Crippen LogP contribution in [0.25, 0.3) is 0 Å². The van der Waals surface area contributed by atoms with E-state index < -0.39 is 24.2 Å². The molecule has 0 bridgehead atoms. The lowest BCUT2D eigenvalue weighted by atomic mass is 9.83. The number of alkyl halides is 3. The Balaban J connectivity index is 2.68. The second-order valence-corrected chi connectivity index (χ2v) is 3.44. The van der Waals surface area contributed by atoms with E-state index >= 15 is 0 Å². The van der Waals surface area contributed by atoms with Gasteiger partial charge in [0, 0.05) is 6.04 Å². The molecule has 0 aliphatic heterocycles. The van der Waals surface area contributed by atoms with Crippen LogP contribution in [0.1, 0.15) is 19.3 Å². The van der Waals surface area contributed by atoms with Crippen molar-refractivity contribution < 1.29 is 18.0 Å². The molecule has 0 saturated heterocycles. The topological polar surface area (TPSA) is 64.7 Å². The van der Waals surface area contributed by atoms with E-state index in [4.69, 9.17) is 5.73 Å². The maximum Gasteiger partial charge on any atom is 0.395 e. The van der Waals surface area contributed by atoms with Gasteiger partial charge in [-0.05, 0) is 19.3 Å². The van der Waals surface area contributed by atoms with Crippen LogP contribution >= 0.6 is 0 Å². The van der Waals surface area contributed by atoms with Crippen molar-refractivity contribution in [3.05, 3.63) is 4.91 Å². The van der Waals surface area contributed by atoms with Crippen LogP contribution in [0.3, 0.4) is 0 Å². The smallest absolute Gasteiger partial charge is 0.360 e. The Bertz CT molecular complexity index is 210. The number of halogens is 3. The van der Waals surface area contributed by atoms with E-state index in [2.05, 4.69) is 10.2 Å². The van der Waals surface area contributed by atoms with Crippen molar-refractivity contribution in [2.75, 3.05) is 0 Å². The first-order chi connectivity index (χ1) is 6.45. The molecule has 0 radical (unpaired) electrons. The van der Waals surface area contributed by atoms with Gasteiger partial charge in [-0.15, -0.1) is 4.91 Å². The summed E-state index contributed by atoms with van der Waals surface area (Å²) < 4.78 is 37.2. The van der Waals surface area contributed by atoms with Gasteiger partial charge in [-0.2, -0.15) is 13.2 Å². The number of hydrogen-bond donors (Lipinski definition) is 1. The Morgan fingerprint density at radius 1 is 1.36 bits per heavy atom. The molecule has 4 nitrogen and oxygen atoms in total. The Morgan fingerprint density at radius 2 is 2.00 bits per heavy atom. The van der Waals surface area contributed by atoms with E-state index in [-0.39, 0.29) is 12.8 Å². The Morgan fingerprint density at radius 3 is 2.50 bits per heavy atom. The first-order valence-corrected chi connectivity index (χ1v) is 4.26. The van der Waals surface area contributed by atoms with E-state index in [1.807, 2.05) is 0 Å². The Labute approximate surface area is 78.5 Å². The predicted octanol–water partition coefficient (Wildman–Crippen LogP) is 1.74. The zero-order valence-electron chi connectivity index (χ0n) is 7.33. The number of rotatable bonds is 2. The Hall–Kier alpha value is -0.850. The summed E-state index contributed by atoms with van der Waals surface area (Å²) in [6.45, 7) is 0. The predicted molar refractivity (Wildman–Crippen MR) is 42.0 cm³/mol. The third-order valence-corrected chi connectivity index (χ3v) is 2.43. The molecule has 0 amide bonds. The molecule has 2 N–H and O–H groups in total. The molecule has 7 heteroatoms. The summed E-state index contributed by atoms with van der Waals surface area (Å²) in [6.07, 6.45) is -5.21. The van der Waals surface area contributed by atoms with Crippen LogP contribution in [0.2, 0.25) is 0 Å². The van der Waals surface area contributed by atoms with Crippen LogP contribution in [0.4, 0.5) is 13.2 Å². The summed E-state index contributed by atoms with van der Waals surface area (Å²) >= 11 is 0. The van der Waals surface area contributed by atoms with E-state index in [9.17, 15) is 18.1 Å². The SMILES string of the molecule is NC1CCC(ON=O)C(C(F)(F)F)C1. The quantitative estimate of drug-likeness (QED) is 0.560. The van der Waals surface area contributed by atoms with Gasteiger partial charge < -0.3 is 10.6 Å². The molecule has 1 rings (SSSR count). The molecule has 1 fully saturated rings. The van der Waals surface area contributed by atoms with Crippen molar-refractivity contribution in [2.24, 2.45) is 17.0 Å². The van der Waals surface area contributed by atoms with E-state index in [0.29, 0.717) is 6.42 Å². The van der Waals surface area contributed by atoms with Crippen LogP contribution < -0.4 is 5.73 Å². The molecule has 0 heterocycles. The number of nitrogens with two attached hydrogens (primary N) is 1. The molecule has 0 spiro atoms. The highest BCUT2D eigenvalue weighted by atomic mass is 19.4. The van der Waals surface area contributed by atoms with Crippen LogP contribution in [0.5, 0.6) is 0 Å². The van der Waals surface area contributed by atoms with Crippen molar-refractivity contribution in [3.63, 3.8) is 0 Å². The van der Waals surface area contributed by atoms with Gasteiger partial charge >= 0.3 is 6.18 Å². The number of nitrogens with zero attached hydrogens (tertiary/aromatic N) is 1. The van der Waals surface area contributed by atoms with Crippen LogP contribution in [-0.4, -0.2) is 18.3 Å². The van der Waals surface area contributed by atoms with E-state index in [1.54, 1.807) is 0 Å². The van der Waals surface area contributed by atoms with Crippen LogP contribution in [-0.2, 0) is 4.84 Å². The van der Waals surface area contributed by atoms with Gasteiger partial charge in [-0.1, -0.05) is 0 Å². The molecule has 0 aromatic rings. The lowest BCUT2D eigenvalue weighted by Crippen LogP contribution is -2.44. The zero-order chi connectivity index (χ0) is 10.8. The van der Waals surface area contributed by atoms with Crippen molar-refractivity contribution in [1.29, 1.82) is 0 Å². The maximum atomic E-state index is 12.4. The summed E-state index contributed by atoms with van der Waals surface area (Å²) in [5.41, 5.74) is 5.42. The molecule has 0 aromatic heterocycles. The molecule has 82 valence electrons. The molecule has 1 aliphatic carbocycles. The highest BCUT2D eigenvalue weighted by molar-refractivity contribution is 4.86. The third kappa shape index (κ3) is 2.57. The van der Waals surface area contributed by atoms with Crippen LogP contribution in [0, 0.1) is 10.8 Å². The monoisotopic (exact) mass is 212 g/mol. The highest BCUT2D eigenvalue weighted by Gasteiger charge is 2.48. The van der Waals surface area contributed by atoms with Gasteiger partial charge in [0.1, 0.15) is 6.10 Å². The summed E-state index contributed by atoms with van der Waals surface area (Å²) in [5, 5.41) is 2.06. The summed E-state index contributed by atoms with van der Waals surface area (Å²) in [4.78, 5) is 13.9. The lowest BCUT2D eigenvalue weighted by molar-refractivity contribution is -0.217. The van der Waals surface area contributed by atoms with Gasteiger partial charge in [0.2, 0.25) is 0 Å². The maximum absolute atomic E-state index is 12.4. The molecular weight excluding hydrogens is 201 g/mol. The first kappa shape index (κ1) is 11.2. The standard InChI is InChI=1S/C7H11F3N2O2/c8-7(9,10)5-3-4(11)1-2-6(5)14-12-13/h4-6H,1-3,11H2. The van der Waals surface area contributed by atoms with Crippen molar-refractivity contribution in [2.45, 2.75) is 37.6 Å². The lowest BCUT2D eigenvalue weighted by Gasteiger charge is -2.33. The van der Waals surface area contributed by atoms with Gasteiger partial charge in [-0.25, -0.2) is 0 Å². The molecule has 0 aromatic carbocycles. The van der Waals surface area contributed by atoms with Crippen molar-refractivity contribution in [3.8, 4) is 0 Å². The highest BCUT2D eigenvalue weighted by Crippen LogP contribution is 2.38.